The van der Waals surface area contributed by atoms with E-state index in [1.54, 1.807) is 16.2 Å². The molecule has 2 amide bonds. The number of imide groups is 1. The molecule has 3 unspecified atom stereocenters. The highest BCUT2D eigenvalue weighted by Crippen LogP contribution is 2.60. The van der Waals surface area contributed by atoms with Gasteiger partial charge >= 0.3 is 5.69 Å². The van der Waals surface area contributed by atoms with Crippen molar-refractivity contribution in [2.75, 3.05) is 6.61 Å². The average molecular weight is 383 g/mol. The molecule has 0 radical (unpaired) electrons. The number of hydrogen-bond acceptors (Lipinski definition) is 4. The molecule has 148 valence electrons. The highest BCUT2D eigenvalue weighted by molar-refractivity contribution is 6.00. The van der Waals surface area contributed by atoms with Crippen molar-refractivity contribution in [3.8, 4) is 0 Å². The van der Waals surface area contributed by atoms with E-state index in [9.17, 15) is 19.5 Å². The minimum atomic E-state index is -0.659. The molecule has 1 aliphatic heterocycles. The van der Waals surface area contributed by atoms with E-state index < -0.39 is 11.9 Å². The normalized spacial score (nSPS) is 32.3. The third-order valence-electron chi connectivity index (χ3n) is 7.35. The third-order valence-corrected chi connectivity index (χ3v) is 7.35. The van der Waals surface area contributed by atoms with Crippen LogP contribution in [-0.2, 0) is 16.6 Å². The summed E-state index contributed by atoms with van der Waals surface area (Å²) >= 11 is 0. The van der Waals surface area contributed by atoms with Gasteiger partial charge in [-0.15, -0.1) is 0 Å². The molecule has 7 nitrogen and oxygen atoms in total. The first-order valence-electron chi connectivity index (χ1n) is 10.1. The number of aromatic nitrogens is 2. The summed E-state index contributed by atoms with van der Waals surface area (Å²) in [7, 11) is 1.76. The molecule has 2 aliphatic carbocycles. The molecule has 2 bridgehead atoms. The first kappa shape index (κ1) is 17.7. The Kier molecular flexibility index (Phi) is 3.81. The molecule has 3 fully saturated rings. The van der Waals surface area contributed by atoms with E-state index >= 15 is 0 Å². The van der Waals surface area contributed by atoms with E-state index in [0.29, 0.717) is 18.3 Å². The number of rotatable bonds is 3. The number of aryl methyl sites for hydroxylation is 1. The van der Waals surface area contributed by atoms with E-state index in [2.05, 4.69) is 11.4 Å². The summed E-state index contributed by atoms with van der Waals surface area (Å²) in [5.41, 5.74) is 2.58. The lowest BCUT2D eigenvalue weighted by Gasteiger charge is -2.29. The predicted molar refractivity (Wildman–Crippen MR) is 103 cm³/mol. The Morgan fingerprint density at radius 1 is 1.21 bits per heavy atom. The number of imidazole rings is 1. The van der Waals surface area contributed by atoms with Crippen molar-refractivity contribution in [2.45, 2.75) is 50.5 Å². The van der Waals surface area contributed by atoms with Crippen LogP contribution in [0.1, 0.15) is 56.0 Å². The maximum atomic E-state index is 13.1. The lowest BCUT2D eigenvalue weighted by atomic mass is 9.77. The van der Waals surface area contributed by atoms with Crippen molar-refractivity contribution < 1.29 is 14.7 Å². The quantitative estimate of drug-likeness (QED) is 0.787. The van der Waals surface area contributed by atoms with Gasteiger partial charge in [-0.2, -0.15) is 0 Å². The number of carbonyl (C=O) groups excluding carboxylic acids is 2. The molecule has 4 atom stereocenters. The molecule has 1 aromatic heterocycles. The van der Waals surface area contributed by atoms with Crippen molar-refractivity contribution in [3.05, 3.63) is 34.2 Å². The standard InChI is InChI=1S/C21H25N3O4/c1-23-18-13(14-10-21(11-25)8-7-12(14)9-21)3-2-4-15(18)24(20(23)28)16-5-6-17(26)22-19(16)27/h2-4,12,14,16,25H,5-11H2,1H3,(H,22,26,27)/t12-,14?,16?,21?/m0/s1. The Morgan fingerprint density at radius 3 is 2.75 bits per heavy atom. The van der Waals surface area contributed by atoms with Gasteiger partial charge in [-0.05, 0) is 61.0 Å². The summed E-state index contributed by atoms with van der Waals surface area (Å²) in [6, 6.07) is 5.27. The average Bonchev–Trinajstić information content (AvgIpc) is 3.34. The minimum absolute atomic E-state index is 0.0303. The monoisotopic (exact) mass is 383 g/mol. The highest BCUT2D eigenvalue weighted by Gasteiger charge is 2.51. The van der Waals surface area contributed by atoms with Crippen molar-refractivity contribution in [2.24, 2.45) is 18.4 Å². The van der Waals surface area contributed by atoms with Gasteiger partial charge in [-0.25, -0.2) is 4.79 Å². The van der Waals surface area contributed by atoms with Crippen LogP contribution in [0.4, 0.5) is 0 Å². The number of hydrogen-bond donors (Lipinski definition) is 2. The van der Waals surface area contributed by atoms with Crippen molar-refractivity contribution in [1.29, 1.82) is 0 Å². The summed E-state index contributed by atoms with van der Waals surface area (Å²) in [5, 5.41) is 12.3. The van der Waals surface area contributed by atoms with Crippen LogP contribution in [0.2, 0.25) is 0 Å². The molecule has 7 heteroatoms. The number of nitrogens with zero attached hydrogens (tertiary/aromatic N) is 2. The molecular formula is C21H25N3O4. The number of para-hydroxylation sites is 1. The molecule has 3 aliphatic rings. The van der Waals surface area contributed by atoms with Crippen molar-refractivity contribution in [1.82, 2.24) is 14.5 Å². The zero-order valence-corrected chi connectivity index (χ0v) is 16.0. The number of carbonyl (C=O) groups is 2. The maximum absolute atomic E-state index is 13.1. The fourth-order valence-corrected chi connectivity index (χ4v) is 5.98. The van der Waals surface area contributed by atoms with Crippen LogP contribution in [0.15, 0.2) is 23.0 Å². The van der Waals surface area contributed by atoms with Crippen LogP contribution in [0, 0.1) is 11.3 Å². The molecule has 2 heterocycles. The summed E-state index contributed by atoms with van der Waals surface area (Å²) in [6.45, 7) is 0.228. The van der Waals surface area contributed by atoms with Gasteiger partial charge in [-0.3, -0.25) is 24.0 Å². The zero-order valence-electron chi connectivity index (χ0n) is 16.0. The third kappa shape index (κ3) is 2.35. The second-order valence-electron chi connectivity index (χ2n) is 8.87. The first-order chi connectivity index (χ1) is 13.4. The smallest absolute Gasteiger partial charge is 0.329 e. The lowest BCUT2D eigenvalue weighted by Crippen LogP contribution is -2.44. The van der Waals surface area contributed by atoms with E-state index in [0.717, 1.165) is 42.3 Å². The molecular weight excluding hydrogens is 358 g/mol. The van der Waals surface area contributed by atoms with E-state index in [-0.39, 0.29) is 30.0 Å². The summed E-state index contributed by atoms with van der Waals surface area (Å²) < 4.78 is 3.20. The van der Waals surface area contributed by atoms with Crippen LogP contribution in [0.25, 0.3) is 11.0 Å². The fourth-order valence-electron chi connectivity index (χ4n) is 5.98. The van der Waals surface area contributed by atoms with Crippen LogP contribution in [0.5, 0.6) is 0 Å². The molecule has 2 N–H and O–H groups in total. The topological polar surface area (TPSA) is 93.3 Å². The Hall–Kier alpha value is -2.41. The maximum Gasteiger partial charge on any atom is 0.329 e. The first-order valence-corrected chi connectivity index (χ1v) is 10.1. The SMILES string of the molecule is Cn1c(=O)n(C2CCC(=O)NC2=O)c2cccc(C3CC4(CO)CC[C@H]3C4)c21. The van der Waals surface area contributed by atoms with E-state index in [1.807, 2.05) is 12.1 Å². The van der Waals surface area contributed by atoms with E-state index in [4.69, 9.17) is 0 Å². The second kappa shape index (κ2) is 6.04. The number of aliphatic hydroxyl groups is 1. The van der Waals surface area contributed by atoms with Gasteiger partial charge in [0.15, 0.2) is 0 Å². The van der Waals surface area contributed by atoms with Crippen LogP contribution < -0.4 is 11.0 Å². The Morgan fingerprint density at radius 2 is 2.04 bits per heavy atom. The van der Waals surface area contributed by atoms with Gasteiger partial charge < -0.3 is 5.11 Å². The Labute approximate surface area is 162 Å². The van der Waals surface area contributed by atoms with Crippen LogP contribution in [-0.4, -0.2) is 32.7 Å². The van der Waals surface area contributed by atoms with Gasteiger partial charge in [-0.1, -0.05) is 12.1 Å². The second-order valence-corrected chi connectivity index (χ2v) is 8.87. The van der Waals surface area contributed by atoms with Gasteiger partial charge in [0.1, 0.15) is 6.04 Å². The number of aliphatic hydroxyl groups excluding tert-OH is 1. The largest absolute Gasteiger partial charge is 0.396 e. The van der Waals surface area contributed by atoms with Crippen LogP contribution >= 0.6 is 0 Å². The Balaban J connectivity index is 1.64. The highest BCUT2D eigenvalue weighted by atomic mass is 16.3. The predicted octanol–water partition coefficient (Wildman–Crippen LogP) is 1.58. The molecule has 28 heavy (non-hydrogen) atoms. The Bertz CT molecular complexity index is 1050. The molecule has 5 rings (SSSR count). The van der Waals surface area contributed by atoms with Gasteiger partial charge in [0, 0.05) is 20.1 Å². The lowest BCUT2D eigenvalue weighted by molar-refractivity contribution is -0.135. The van der Waals surface area contributed by atoms with Gasteiger partial charge in [0.2, 0.25) is 11.8 Å². The zero-order chi connectivity index (χ0) is 19.6. The molecule has 1 saturated heterocycles. The number of nitrogens with one attached hydrogen (secondary N) is 1. The minimum Gasteiger partial charge on any atom is -0.396 e. The number of amides is 2. The van der Waals surface area contributed by atoms with Crippen LogP contribution in [0.3, 0.4) is 0 Å². The molecule has 2 aromatic rings. The molecule has 1 aromatic carbocycles. The number of benzene rings is 1. The van der Waals surface area contributed by atoms with Gasteiger partial charge in [0.05, 0.1) is 11.0 Å². The van der Waals surface area contributed by atoms with E-state index in [1.165, 1.54) is 0 Å². The molecule has 0 spiro atoms. The summed E-state index contributed by atoms with van der Waals surface area (Å²) in [5.74, 6) is 0.168. The van der Waals surface area contributed by atoms with Crippen molar-refractivity contribution in [3.63, 3.8) is 0 Å². The summed E-state index contributed by atoms with van der Waals surface area (Å²) in [4.78, 5) is 37.0. The fraction of sp³-hybridized carbons (Fsp3) is 0.571. The number of piperidine rings is 1. The van der Waals surface area contributed by atoms with Gasteiger partial charge in [0.25, 0.3) is 0 Å². The summed E-state index contributed by atoms with van der Waals surface area (Å²) in [6.07, 6.45) is 4.77. The number of fused-ring (bicyclic) bond motifs is 3. The van der Waals surface area contributed by atoms with Crippen molar-refractivity contribution >= 4 is 22.8 Å². The molecule has 2 saturated carbocycles.